The summed E-state index contributed by atoms with van der Waals surface area (Å²) in [5.41, 5.74) is 0. The normalized spacial score (nSPS) is 36.5. The second-order valence-corrected chi connectivity index (χ2v) is 5.00. The van der Waals surface area contributed by atoms with Crippen LogP contribution in [0.15, 0.2) is 0 Å². The van der Waals surface area contributed by atoms with E-state index in [1.54, 1.807) is 0 Å². The first-order chi connectivity index (χ1) is 10.2. The summed E-state index contributed by atoms with van der Waals surface area (Å²) in [4.78, 5) is 30.8. The van der Waals surface area contributed by atoms with E-state index in [0.29, 0.717) is 0 Å². The molecule has 0 saturated carbocycles. The predicted octanol–water partition coefficient (Wildman–Crippen LogP) is -2.80. The number of hydrogen-bond acceptors (Lipinski definition) is 10. The highest BCUT2D eigenvalue weighted by Gasteiger charge is 2.55. The molecule has 5 N–H and O–H groups in total. The second kappa shape index (κ2) is 7.31. The summed E-state index contributed by atoms with van der Waals surface area (Å²) in [6.07, 6.45) is -7.05. The number of aliphatic hydroxyl groups is 5. The van der Waals surface area contributed by atoms with E-state index >= 15 is 0 Å². The highest BCUT2D eigenvalue weighted by molar-refractivity contribution is 5.74. The van der Waals surface area contributed by atoms with Gasteiger partial charge in [-0.2, -0.15) is 0 Å². The average Bonchev–Trinajstić information content (AvgIpc) is 2.48. The van der Waals surface area contributed by atoms with Crippen molar-refractivity contribution in [2.75, 3.05) is 6.61 Å². The van der Waals surface area contributed by atoms with Crippen LogP contribution in [0.5, 0.6) is 0 Å². The minimum Gasteiger partial charge on any atom is -0.391 e. The first kappa shape index (κ1) is 18.7. The van der Waals surface area contributed by atoms with Crippen molar-refractivity contribution in [3.8, 4) is 0 Å². The van der Waals surface area contributed by atoms with Gasteiger partial charge in [-0.15, -0.1) is 0 Å². The van der Waals surface area contributed by atoms with Crippen LogP contribution in [-0.2, 0) is 24.1 Å². The summed E-state index contributed by atoms with van der Waals surface area (Å²) in [5, 5.41) is 48.3. The molecule has 0 amide bonds. The summed E-state index contributed by atoms with van der Waals surface area (Å²) < 4.78 is 5.00. The summed E-state index contributed by atoms with van der Waals surface area (Å²) >= 11 is 0. The van der Waals surface area contributed by atoms with Crippen molar-refractivity contribution in [1.29, 1.82) is 0 Å². The molecule has 0 radical (unpaired) electrons. The molecule has 1 rings (SSSR count). The van der Waals surface area contributed by atoms with Crippen molar-refractivity contribution in [1.82, 2.24) is 0 Å². The fourth-order valence-electron chi connectivity index (χ4n) is 2.17. The standard InChI is InChI=1S/C12H20O10/c1-3-6(11(18)22-21-5(2)14)9-7(15)8(16)10(17)12(19,4-13)20-9/h6-10,13,15-17,19H,3-4H2,1-2H3/t6?,7-,8+,9?,10-,12-/m0/s1. The third kappa shape index (κ3) is 3.72. The Bertz CT molecular complexity index is 413. The Hall–Kier alpha value is -1.30. The van der Waals surface area contributed by atoms with E-state index in [1.807, 2.05) is 0 Å². The van der Waals surface area contributed by atoms with Gasteiger partial charge in [0.2, 0.25) is 5.79 Å². The van der Waals surface area contributed by atoms with E-state index in [-0.39, 0.29) is 6.42 Å². The molecule has 0 aromatic heterocycles. The highest BCUT2D eigenvalue weighted by Crippen LogP contribution is 2.33. The fraction of sp³-hybridized carbons (Fsp3) is 0.833. The van der Waals surface area contributed by atoms with Gasteiger partial charge in [0.25, 0.3) is 0 Å². The zero-order chi connectivity index (χ0) is 17.1. The van der Waals surface area contributed by atoms with Gasteiger partial charge in [-0.1, -0.05) is 6.92 Å². The van der Waals surface area contributed by atoms with Crippen LogP contribution >= 0.6 is 0 Å². The summed E-state index contributed by atoms with van der Waals surface area (Å²) in [5.74, 6) is -5.74. The summed E-state index contributed by atoms with van der Waals surface area (Å²) in [7, 11) is 0. The van der Waals surface area contributed by atoms with E-state index in [9.17, 15) is 30.0 Å². The molecule has 10 heteroatoms. The molecule has 1 aliphatic rings. The Labute approximate surface area is 125 Å². The molecular formula is C12H20O10. The Kier molecular flexibility index (Phi) is 6.23. The Morgan fingerprint density at radius 2 is 1.82 bits per heavy atom. The van der Waals surface area contributed by atoms with Crippen molar-refractivity contribution in [2.24, 2.45) is 5.92 Å². The van der Waals surface area contributed by atoms with Crippen molar-refractivity contribution in [3.63, 3.8) is 0 Å². The van der Waals surface area contributed by atoms with E-state index in [1.165, 1.54) is 6.92 Å². The van der Waals surface area contributed by atoms with E-state index < -0.39 is 54.7 Å². The van der Waals surface area contributed by atoms with Crippen LogP contribution in [0.25, 0.3) is 0 Å². The molecule has 10 nitrogen and oxygen atoms in total. The van der Waals surface area contributed by atoms with Crippen LogP contribution in [0.3, 0.4) is 0 Å². The van der Waals surface area contributed by atoms with Crippen LogP contribution < -0.4 is 0 Å². The molecule has 0 aliphatic carbocycles. The lowest BCUT2D eigenvalue weighted by molar-refractivity contribution is -0.362. The number of rotatable bonds is 4. The molecule has 6 atom stereocenters. The number of aliphatic hydroxyl groups excluding tert-OH is 4. The Balaban J connectivity index is 2.94. The number of ether oxygens (including phenoxy) is 1. The largest absolute Gasteiger partial charge is 0.391 e. The van der Waals surface area contributed by atoms with Crippen molar-refractivity contribution >= 4 is 11.9 Å². The van der Waals surface area contributed by atoms with Crippen molar-refractivity contribution in [3.05, 3.63) is 0 Å². The Morgan fingerprint density at radius 1 is 1.23 bits per heavy atom. The fourth-order valence-corrected chi connectivity index (χ4v) is 2.17. The molecular weight excluding hydrogens is 304 g/mol. The monoisotopic (exact) mass is 324 g/mol. The maximum atomic E-state index is 11.8. The van der Waals surface area contributed by atoms with Crippen LogP contribution in [0.2, 0.25) is 0 Å². The molecule has 128 valence electrons. The molecule has 2 unspecified atom stereocenters. The van der Waals surface area contributed by atoms with Crippen LogP contribution in [0.1, 0.15) is 20.3 Å². The zero-order valence-corrected chi connectivity index (χ0v) is 12.1. The lowest BCUT2D eigenvalue weighted by atomic mass is 9.85. The van der Waals surface area contributed by atoms with Crippen molar-refractivity contribution < 1.29 is 49.6 Å². The van der Waals surface area contributed by atoms with Crippen LogP contribution in [0, 0.1) is 5.92 Å². The quantitative estimate of drug-likeness (QED) is 0.269. The molecule has 0 spiro atoms. The van der Waals surface area contributed by atoms with Gasteiger partial charge in [-0.05, 0) is 6.42 Å². The molecule has 1 heterocycles. The molecule has 0 aromatic carbocycles. The van der Waals surface area contributed by atoms with Gasteiger partial charge in [0.05, 0.1) is 12.5 Å². The van der Waals surface area contributed by atoms with Crippen LogP contribution in [0.4, 0.5) is 0 Å². The lowest BCUT2D eigenvalue weighted by Crippen LogP contribution is -2.67. The maximum Gasteiger partial charge on any atom is 0.361 e. The molecule has 1 aliphatic heterocycles. The molecule has 0 bridgehead atoms. The summed E-state index contributed by atoms with van der Waals surface area (Å²) in [6.45, 7) is 1.44. The summed E-state index contributed by atoms with van der Waals surface area (Å²) in [6, 6.07) is 0. The second-order valence-electron chi connectivity index (χ2n) is 5.00. The van der Waals surface area contributed by atoms with Gasteiger partial charge in [0.15, 0.2) is 0 Å². The Morgan fingerprint density at radius 3 is 2.27 bits per heavy atom. The van der Waals surface area contributed by atoms with Crippen LogP contribution in [-0.4, -0.2) is 74.3 Å². The smallest absolute Gasteiger partial charge is 0.361 e. The van der Waals surface area contributed by atoms with Gasteiger partial charge < -0.3 is 30.3 Å². The maximum absolute atomic E-state index is 11.8. The molecule has 1 fully saturated rings. The van der Waals surface area contributed by atoms with Gasteiger partial charge in [0.1, 0.15) is 24.4 Å². The molecule has 22 heavy (non-hydrogen) atoms. The molecule has 0 aromatic rings. The predicted molar refractivity (Wildman–Crippen MR) is 66.6 cm³/mol. The van der Waals surface area contributed by atoms with E-state index in [4.69, 9.17) is 9.84 Å². The third-order valence-corrected chi connectivity index (χ3v) is 3.42. The van der Waals surface area contributed by atoms with E-state index in [0.717, 1.165) is 6.92 Å². The lowest BCUT2D eigenvalue weighted by Gasteiger charge is -2.46. The van der Waals surface area contributed by atoms with Gasteiger partial charge in [0, 0.05) is 6.92 Å². The first-order valence-electron chi connectivity index (χ1n) is 6.62. The highest BCUT2D eigenvalue weighted by atomic mass is 17.2. The molecule has 1 saturated heterocycles. The van der Waals surface area contributed by atoms with Gasteiger partial charge >= 0.3 is 11.9 Å². The first-order valence-corrected chi connectivity index (χ1v) is 6.62. The minimum atomic E-state index is -2.56. The number of hydrogen-bond donors (Lipinski definition) is 5. The van der Waals surface area contributed by atoms with Crippen molar-refractivity contribution in [2.45, 2.75) is 50.5 Å². The zero-order valence-electron chi connectivity index (χ0n) is 12.1. The topological polar surface area (TPSA) is 163 Å². The van der Waals surface area contributed by atoms with E-state index in [2.05, 4.69) is 9.78 Å². The average molecular weight is 324 g/mol. The third-order valence-electron chi connectivity index (χ3n) is 3.42. The number of carbonyl (C=O) groups is 2. The van der Waals surface area contributed by atoms with Gasteiger partial charge in [-0.3, -0.25) is 0 Å². The van der Waals surface area contributed by atoms with Gasteiger partial charge in [-0.25, -0.2) is 19.4 Å². The minimum absolute atomic E-state index is 0.0339. The number of carbonyl (C=O) groups excluding carboxylic acids is 2. The SMILES string of the molecule is CCC(C(=O)OOC(C)=O)C1O[C@@](O)(CO)[C@@H](O)[C@H](O)[C@@H]1O.